The molecule has 0 amide bonds. The third kappa shape index (κ3) is 4.40. The highest BCUT2D eigenvalue weighted by atomic mass is 32.1. The van der Waals surface area contributed by atoms with Crippen LogP contribution in [0, 0.1) is 5.92 Å². The Morgan fingerprint density at radius 2 is 1.20 bits per heavy atom. The Bertz CT molecular complexity index is 3380. The Labute approximate surface area is 322 Å². The molecule has 11 aromatic rings. The molecule has 0 spiro atoms. The minimum Gasteiger partial charge on any atom is -0.331 e. The van der Waals surface area contributed by atoms with Crippen LogP contribution in [0.15, 0.2) is 175 Å². The van der Waals surface area contributed by atoms with Crippen LogP contribution in [0.4, 0.5) is 5.69 Å². The van der Waals surface area contributed by atoms with Gasteiger partial charge in [-0.05, 0) is 88.1 Å². The highest BCUT2D eigenvalue weighted by Gasteiger charge is 2.38. The van der Waals surface area contributed by atoms with Crippen molar-refractivity contribution in [1.82, 2.24) is 9.13 Å². The summed E-state index contributed by atoms with van der Waals surface area (Å²) in [6.45, 7) is 2.35. The van der Waals surface area contributed by atoms with E-state index in [2.05, 4.69) is 186 Å². The van der Waals surface area contributed by atoms with Crippen LogP contribution in [0.5, 0.6) is 0 Å². The van der Waals surface area contributed by atoms with E-state index in [9.17, 15) is 0 Å². The van der Waals surface area contributed by atoms with Crippen molar-refractivity contribution in [2.24, 2.45) is 10.9 Å². The van der Waals surface area contributed by atoms with Gasteiger partial charge in [-0.2, -0.15) is 0 Å². The van der Waals surface area contributed by atoms with E-state index in [1.807, 2.05) is 11.3 Å². The van der Waals surface area contributed by atoms with Crippen molar-refractivity contribution >= 4 is 98.0 Å². The van der Waals surface area contributed by atoms with E-state index in [0.717, 1.165) is 12.1 Å². The van der Waals surface area contributed by atoms with Crippen molar-refractivity contribution in [3.63, 3.8) is 0 Å². The standard InChI is InChI=1S/C51H35N3S/c1-2-36-48(34-25-26-43-40(29-34)38-20-10-12-22-42(38)53(43)35-17-4-3-5-18-35)52-49-39-21-11-13-23-46(39)55-51(49)50(36)54-44-27-24-31-14-8-9-19-37(31)47(44)41-28-32-15-6-7-16-33(32)30-45(41)54/h3-30,36,50H,2H2,1H3. The maximum Gasteiger partial charge on any atom is 0.0872 e. The van der Waals surface area contributed by atoms with Crippen molar-refractivity contribution in [2.75, 3.05) is 0 Å². The summed E-state index contributed by atoms with van der Waals surface area (Å²) in [5, 5.41) is 11.5. The first-order valence-electron chi connectivity index (χ1n) is 19.3. The summed E-state index contributed by atoms with van der Waals surface area (Å²) >= 11 is 1.92. The molecule has 2 atom stereocenters. The van der Waals surface area contributed by atoms with E-state index in [-0.39, 0.29) is 12.0 Å². The van der Waals surface area contributed by atoms with Crippen LogP contribution in [0.2, 0.25) is 0 Å². The van der Waals surface area contributed by atoms with E-state index in [4.69, 9.17) is 4.99 Å². The summed E-state index contributed by atoms with van der Waals surface area (Å²) in [7, 11) is 0. The Balaban J connectivity index is 1.16. The van der Waals surface area contributed by atoms with E-state index in [0.29, 0.717) is 0 Å². The lowest BCUT2D eigenvalue weighted by Crippen LogP contribution is -2.30. The fourth-order valence-electron chi connectivity index (χ4n) is 9.68. The molecule has 0 saturated heterocycles. The van der Waals surface area contributed by atoms with Crippen molar-refractivity contribution in [3.05, 3.63) is 180 Å². The molecule has 3 aromatic heterocycles. The van der Waals surface area contributed by atoms with Crippen molar-refractivity contribution in [3.8, 4) is 5.69 Å². The smallest absolute Gasteiger partial charge is 0.0872 e. The molecular weight excluding hydrogens is 687 g/mol. The number of rotatable bonds is 4. The molecule has 1 aliphatic rings. The number of nitrogens with zero attached hydrogens (tertiary/aromatic N) is 3. The van der Waals surface area contributed by atoms with Crippen LogP contribution in [0.25, 0.3) is 80.9 Å². The normalized spacial score (nSPS) is 15.9. The van der Waals surface area contributed by atoms with Gasteiger partial charge in [0.1, 0.15) is 0 Å². The number of aliphatic imine (C=N–C) groups is 1. The van der Waals surface area contributed by atoms with Crippen molar-refractivity contribution in [1.29, 1.82) is 0 Å². The minimum atomic E-state index is 0.0496. The van der Waals surface area contributed by atoms with Gasteiger partial charge in [-0.15, -0.1) is 11.3 Å². The summed E-state index contributed by atoms with van der Waals surface area (Å²) in [6, 6.07) is 62.7. The number of fused-ring (bicyclic) bond motifs is 12. The fraction of sp³-hybridized carbons (Fsp3) is 0.0784. The van der Waals surface area contributed by atoms with Crippen LogP contribution in [-0.2, 0) is 0 Å². The van der Waals surface area contributed by atoms with E-state index in [1.165, 1.54) is 97.1 Å². The average molecular weight is 722 g/mol. The number of thiophene rings is 1. The fourth-order valence-corrected chi connectivity index (χ4v) is 11.0. The predicted octanol–water partition coefficient (Wildman–Crippen LogP) is 14.2. The van der Waals surface area contributed by atoms with Gasteiger partial charge in [0, 0.05) is 43.2 Å². The first-order chi connectivity index (χ1) is 27.2. The molecule has 12 rings (SSSR count). The van der Waals surface area contributed by atoms with E-state index >= 15 is 0 Å². The lowest BCUT2D eigenvalue weighted by Gasteiger charge is -2.34. The quantitative estimate of drug-likeness (QED) is 0.173. The van der Waals surface area contributed by atoms with Gasteiger partial charge in [0.15, 0.2) is 0 Å². The summed E-state index contributed by atoms with van der Waals surface area (Å²) in [6.07, 6.45) is 0.948. The molecule has 4 heteroatoms. The Hall–Kier alpha value is -6.49. The zero-order chi connectivity index (χ0) is 36.2. The first kappa shape index (κ1) is 30.9. The monoisotopic (exact) mass is 721 g/mol. The molecule has 4 heterocycles. The van der Waals surface area contributed by atoms with Gasteiger partial charge in [-0.25, -0.2) is 0 Å². The van der Waals surface area contributed by atoms with Crippen molar-refractivity contribution in [2.45, 2.75) is 19.4 Å². The van der Waals surface area contributed by atoms with Gasteiger partial charge < -0.3 is 9.13 Å². The van der Waals surface area contributed by atoms with Gasteiger partial charge in [-0.1, -0.05) is 122 Å². The Morgan fingerprint density at radius 3 is 2.04 bits per heavy atom. The first-order valence-corrected chi connectivity index (χ1v) is 20.1. The third-order valence-corrected chi connectivity index (χ3v) is 13.3. The largest absolute Gasteiger partial charge is 0.331 e. The Morgan fingerprint density at radius 1 is 0.527 bits per heavy atom. The van der Waals surface area contributed by atoms with E-state index < -0.39 is 0 Å². The van der Waals surface area contributed by atoms with Crippen LogP contribution in [0.1, 0.15) is 29.8 Å². The van der Waals surface area contributed by atoms with Gasteiger partial charge in [-0.3, -0.25) is 4.99 Å². The molecule has 8 aromatic carbocycles. The molecule has 0 bridgehead atoms. The lowest BCUT2D eigenvalue weighted by atomic mass is 9.83. The third-order valence-electron chi connectivity index (χ3n) is 12.1. The summed E-state index contributed by atoms with van der Waals surface area (Å²) in [5.74, 6) is 0.136. The van der Waals surface area contributed by atoms with Crippen LogP contribution in [0.3, 0.4) is 0 Å². The maximum absolute atomic E-state index is 5.73. The molecule has 1 aliphatic heterocycles. The van der Waals surface area contributed by atoms with E-state index in [1.54, 1.807) is 0 Å². The van der Waals surface area contributed by atoms with Crippen LogP contribution >= 0.6 is 11.3 Å². The number of hydrogen-bond donors (Lipinski definition) is 0. The lowest BCUT2D eigenvalue weighted by molar-refractivity contribution is 0.481. The molecule has 0 N–H and O–H groups in total. The molecule has 0 fully saturated rings. The summed E-state index contributed by atoms with van der Waals surface area (Å²) in [4.78, 5) is 7.08. The minimum absolute atomic E-state index is 0.0496. The second-order valence-electron chi connectivity index (χ2n) is 15.0. The Kier molecular flexibility index (Phi) is 6.61. The molecule has 55 heavy (non-hydrogen) atoms. The zero-order valence-electron chi connectivity index (χ0n) is 30.3. The molecular formula is C51H35N3S. The van der Waals surface area contributed by atoms with Gasteiger partial charge in [0.25, 0.3) is 0 Å². The number of hydrogen-bond acceptors (Lipinski definition) is 2. The highest BCUT2D eigenvalue weighted by molar-refractivity contribution is 7.19. The SMILES string of the molecule is CCC1C(c2ccc3c(c2)c2ccccc2n3-c2ccccc2)=Nc2c(sc3ccccc23)C1n1c2cc3ccccc3cc2c2c3ccccc3ccc21. The molecule has 0 aliphatic carbocycles. The zero-order valence-corrected chi connectivity index (χ0v) is 31.1. The van der Waals surface area contributed by atoms with Gasteiger partial charge in [0.05, 0.1) is 44.4 Å². The van der Waals surface area contributed by atoms with Crippen LogP contribution in [-0.4, -0.2) is 14.8 Å². The second-order valence-corrected chi connectivity index (χ2v) is 16.0. The number of aromatic nitrogens is 2. The molecule has 260 valence electrons. The van der Waals surface area contributed by atoms with Crippen LogP contribution < -0.4 is 0 Å². The molecule has 2 unspecified atom stereocenters. The van der Waals surface area contributed by atoms with Gasteiger partial charge >= 0.3 is 0 Å². The summed E-state index contributed by atoms with van der Waals surface area (Å²) < 4.78 is 6.38. The second kappa shape index (κ2) is 11.8. The van der Waals surface area contributed by atoms with Crippen molar-refractivity contribution < 1.29 is 0 Å². The number of benzene rings is 8. The van der Waals surface area contributed by atoms with Gasteiger partial charge in [0.2, 0.25) is 0 Å². The predicted molar refractivity (Wildman–Crippen MR) is 235 cm³/mol. The summed E-state index contributed by atoms with van der Waals surface area (Å²) in [5.41, 5.74) is 9.62. The number of para-hydroxylation sites is 2. The molecule has 3 nitrogen and oxygen atoms in total. The maximum atomic E-state index is 5.73. The average Bonchev–Trinajstić information content (AvgIpc) is 3.89. The highest BCUT2D eigenvalue weighted by Crippen LogP contribution is 2.53. The molecule has 0 saturated carbocycles. The molecule has 0 radical (unpaired) electrons. The topological polar surface area (TPSA) is 22.2 Å².